The van der Waals surface area contributed by atoms with Gasteiger partial charge in [0, 0.05) is 18.7 Å². The molecule has 1 N–H and O–H groups in total. The first-order chi connectivity index (χ1) is 16.7. The summed E-state index contributed by atoms with van der Waals surface area (Å²) < 4.78 is 17.0. The molecule has 7 heteroatoms. The van der Waals surface area contributed by atoms with Gasteiger partial charge in [-0.25, -0.2) is 0 Å². The molecule has 3 aliphatic heterocycles. The maximum atomic E-state index is 13.3. The van der Waals surface area contributed by atoms with Crippen LogP contribution in [0.4, 0.5) is 0 Å². The monoisotopic (exact) mass is 477 g/mol. The predicted octanol–water partition coefficient (Wildman–Crippen LogP) is 4.36. The lowest BCUT2D eigenvalue weighted by molar-refractivity contribution is -0.140. The van der Waals surface area contributed by atoms with Gasteiger partial charge in [0.15, 0.2) is 11.5 Å². The minimum atomic E-state index is -0.707. The van der Waals surface area contributed by atoms with Crippen molar-refractivity contribution in [2.24, 2.45) is 0 Å². The van der Waals surface area contributed by atoms with Gasteiger partial charge in [-0.1, -0.05) is 45.0 Å². The second-order valence-corrected chi connectivity index (χ2v) is 10.3. The molecule has 2 saturated heterocycles. The van der Waals surface area contributed by atoms with Crippen LogP contribution in [0.3, 0.4) is 0 Å². The molecule has 184 valence electrons. The molecule has 3 heterocycles. The lowest BCUT2D eigenvalue weighted by Crippen LogP contribution is -2.36. The highest BCUT2D eigenvalue weighted by molar-refractivity contribution is 6.46. The summed E-state index contributed by atoms with van der Waals surface area (Å²) in [6, 6.07) is 12.2. The van der Waals surface area contributed by atoms with E-state index < -0.39 is 17.7 Å². The second-order valence-electron chi connectivity index (χ2n) is 10.3. The molecule has 2 fully saturated rings. The normalized spacial score (nSPS) is 23.7. The number of ketones is 1. The van der Waals surface area contributed by atoms with Gasteiger partial charge < -0.3 is 24.2 Å². The first kappa shape index (κ1) is 23.4. The Labute approximate surface area is 205 Å². The van der Waals surface area contributed by atoms with Crippen molar-refractivity contribution in [1.29, 1.82) is 0 Å². The number of ether oxygens (including phenoxy) is 3. The highest BCUT2D eigenvalue weighted by Crippen LogP contribution is 2.42. The van der Waals surface area contributed by atoms with E-state index in [1.165, 1.54) is 0 Å². The fourth-order valence-electron chi connectivity index (χ4n) is 4.93. The third-order valence-electron chi connectivity index (χ3n) is 6.87. The number of aliphatic hydroxyl groups excluding tert-OH is 1. The lowest BCUT2D eigenvalue weighted by Gasteiger charge is -2.28. The molecule has 0 aliphatic carbocycles. The Bertz CT molecular complexity index is 1170. The summed E-state index contributed by atoms with van der Waals surface area (Å²) in [6.07, 6.45) is 1.64. The molecule has 0 unspecified atom stereocenters. The number of nitrogens with zero attached hydrogens (tertiary/aromatic N) is 1. The van der Waals surface area contributed by atoms with Crippen molar-refractivity contribution in [2.45, 2.75) is 51.2 Å². The minimum Gasteiger partial charge on any atom is -0.507 e. The Morgan fingerprint density at radius 1 is 1.00 bits per heavy atom. The van der Waals surface area contributed by atoms with E-state index in [0.29, 0.717) is 43.4 Å². The predicted molar refractivity (Wildman–Crippen MR) is 131 cm³/mol. The highest BCUT2D eigenvalue weighted by atomic mass is 16.6. The first-order valence-electron chi connectivity index (χ1n) is 12.1. The van der Waals surface area contributed by atoms with Crippen LogP contribution in [0.1, 0.15) is 56.3 Å². The van der Waals surface area contributed by atoms with Gasteiger partial charge >= 0.3 is 0 Å². The number of aliphatic hydroxyl groups is 1. The molecule has 1 amide bonds. The summed E-state index contributed by atoms with van der Waals surface area (Å²) in [5.41, 5.74) is 2.36. The van der Waals surface area contributed by atoms with Crippen molar-refractivity contribution in [3.05, 3.63) is 64.7 Å². The second kappa shape index (κ2) is 9.04. The molecular weight excluding hydrogens is 446 g/mol. The van der Waals surface area contributed by atoms with E-state index in [9.17, 15) is 14.7 Å². The molecule has 35 heavy (non-hydrogen) atoms. The first-order valence-corrected chi connectivity index (χ1v) is 12.1. The number of hydrogen-bond donors (Lipinski definition) is 1. The molecule has 0 aromatic heterocycles. The maximum absolute atomic E-state index is 13.3. The summed E-state index contributed by atoms with van der Waals surface area (Å²) >= 11 is 0. The Hall–Kier alpha value is -3.32. The number of fused-ring (bicyclic) bond motifs is 1. The van der Waals surface area contributed by atoms with Gasteiger partial charge in [0.2, 0.25) is 0 Å². The largest absolute Gasteiger partial charge is 0.507 e. The molecule has 2 aromatic carbocycles. The third kappa shape index (κ3) is 4.41. The van der Waals surface area contributed by atoms with E-state index in [0.717, 1.165) is 24.0 Å². The molecular formula is C28H31NO6. The van der Waals surface area contributed by atoms with Gasteiger partial charge in [-0.3, -0.25) is 9.59 Å². The zero-order chi connectivity index (χ0) is 24.7. The lowest BCUT2D eigenvalue weighted by atomic mass is 9.85. The van der Waals surface area contributed by atoms with E-state index in [-0.39, 0.29) is 22.9 Å². The van der Waals surface area contributed by atoms with Gasteiger partial charge in [-0.15, -0.1) is 0 Å². The van der Waals surface area contributed by atoms with Crippen LogP contribution in [0.25, 0.3) is 5.76 Å². The van der Waals surface area contributed by atoms with Gasteiger partial charge in [0.05, 0.1) is 17.7 Å². The fourth-order valence-corrected chi connectivity index (χ4v) is 4.93. The summed E-state index contributed by atoms with van der Waals surface area (Å²) in [6.45, 7) is 8.21. The van der Waals surface area contributed by atoms with Gasteiger partial charge in [0.25, 0.3) is 11.7 Å². The third-order valence-corrected chi connectivity index (χ3v) is 6.87. The standard InChI is InChI=1S/C28H31NO6/c1-28(2,3)19-9-6-17(7-10-19)24-23(26(31)27(32)29(24)16-20-5-4-12-33-20)25(30)18-8-11-21-22(15-18)35-14-13-34-21/h6-11,15,20,24,30H,4-5,12-14,16H2,1-3H3/t20-,24+/m1/s1. The molecule has 0 radical (unpaired) electrons. The minimum absolute atomic E-state index is 0.0385. The zero-order valence-electron chi connectivity index (χ0n) is 20.4. The number of amides is 1. The summed E-state index contributed by atoms with van der Waals surface area (Å²) in [5, 5.41) is 11.4. The van der Waals surface area contributed by atoms with Gasteiger partial charge in [-0.05, 0) is 47.6 Å². The van der Waals surface area contributed by atoms with Crippen molar-refractivity contribution in [3.63, 3.8) is 0 Å². The molecule has 2 aromatic rings. The van der Waals surface area contributed by atoms with Crippen molar-refractivity contribution in [3.8, 4) is 11.5 Å². The molecule has 5 rings (SSSR count). The van der Waals surface area contributed by atoms with Gasteiger partial charge in [0.1, 0.15) is 19.0 Å². The molecule has 0 bridgehead atoms. The van der Waals surface area contributed by atoms with Crippen LogP contribution >= 0.6 is 0 Å². The van der Waals surface area contributed by atoms with E-state index in [1.54, 1.807) is 23.1 Å². The topological polar surface area (TPSA) is 85.3 Å². The van der Waals surface area contributed by atoms with Crippen molar-refractivity contribution in [1.82, 2.24) is 4.90 Å². The van der Waals surface area contributed by atoms with Crippen LogP contribution in [0.15, 0.2) is 48.0 Å². The summed E-state index contributed by atoms with van der Waals surface area (Å²) in [5.74, 6) is -0.453. The Morgan fingerprint density at radius 2 is 1.71 bits per heavy atom. The highest BCUT2D eigenvalue weighted by Gasteiger charge is 2.47. The fraction of sp³-hybridized carbons (Fsp3) is 0.429. The van der Waals surface area contributed by atoms with Crippen molar-refractivity contribution >= 4 is 17.4 Å². The molecule has 0 saturated carbocycles. The number of rotatable bonds is 4. The van der Waals surface area contributed by atoms with Crippen LogP contribution in [-0.2, 0) is 19.7 Å². The van der Waals surface area contributed by atoms with E-state index in [2.05, 4.69) is 20.8 Å². The number of likely N-dealkylation sites (tertiary alicyclic amines) is 1. The zero-order valence-corrected chi connectivity index (χ0v) is 20.4. The molecule has 7 nitrogen and oxygen atoms in total. The van der Waals surface area contributed by atoms with Crippen LogP contribution < -0.4 is 9.47 Å². The summed E-state index contributed by atoms with van der Waals surface area (Å²) in [7, 11) is 0. The number of carbonyl (C=O) groups is 2. The van der Waals surface area contributed by atoms with Crippen LogP contribution in [0.2, 0.25) is 0 Å². The van der Waals surface area contributed by atoms with E-state index >= 15 is 0 Å². The van der Waals surface area contributed by atoms with Crippen LogP contribution in [0.5, 0.6) is 11.5 Å². The molecule has 3 aliphatic rings. The van der Waals surface area contributed by atoms with Crippen molar-refractivity contribution in [2.75, 3.05) is 26.4 Å². The van der Waals surface area contributed by atoms with E-state index in [4.69, 9.17) is 14.2 Å². The molecule has 0 spiro atoms. The van der Waals surface area contributed by atoms with Crippen LogP contribution in [-0.4, -0.2) is 54.2 Å². The Morgan fingerprint density at radius 3 is 2.37 bits per heavy atom. The van der Waals surface area contributed by atoms with Crippen molar-refractivity contribution < 1.29 is 28.9 Å². The number of hydrogen-bond acceptors (Lipinski definition) is 6. The number of Topliss-reactive ketones (excluding diaryl/α,β-unsaturated/α-hetero) is 1. The Balaban J connectivity index is 1.59. The van der Waals surface area contributed by atoms with E-state index in [1.807, 2.05) is 24.3 Å². The average molecular weight is 478 g/mol. The number of benzene rings is 2. The average Bonchev–Trinajstić information content (AvgIpc) is 3.45. The SMILES string of the molecule is CC(C)(C)c1ccc([C@H]2C(=C(O)c3ccc4c(c3)OCCO4)C(=O)C(=O)N2C[C@H]2CCCO2)cc1. The van der Waals surface area contributed by atoms with Crippen LogP contribution in [0, 0.1) is 0 Å². The van der Waals surface area contributed by atoms with Gasteiger partial charge in [-0.2, -0.15) is 0 Å². The Kier molecular flexibility index (Phi) is 6.05. The summed E-state index contributed by atoms with van der Waals surface area (Å²) in [4.78, 5) is 28.1. The smallest absolute Gasteiger partial charge is 0.295 e. The number of carbonyl (C=O) groups excluding carboxylic acids is 2. The quantitative estimate of drug-likeness (QED) is 0.400. The molecule has 2 atom stereocenters. The maximum Gasteiger partial charge on any atom is 0.295 e.